The Morgan fingerprint density at radius 3 is 2.53 bits per heavy atom. The largest absolute Gasteiger partial charge is 0.315 e. The summed E-state index contributed by atoms with van der Waals surface area (Å²) in [5.74, 6) is 1.39. The van der Waals surface area contributed by atoms with Gasteiger partial charge in [-0.25, -0.2) is 0 Å². The number of aryl methyl sites for hydroxylation is 2. The predicted molar refractivity (Wildman–Crippen MR) is 147 cm³/mol. The van der Waals surface area contributed by atoms with Gasteiger partial charge in [-0.15, -0.1) is 0 Å². The van der Waals surface area contributed by atoms with E-state index in [2.05, 4.69) is 93.8 Å². The summed E-state index contributed by atoms with van der Waals surface area (Å²) in [6, 6.07) is 18.8. The highest BCUT2D eigenvalue weighted by Crippen LogP contribution is 2.57. The molecule has 2 heteroatoms. The maximum atomic E-state index is 3.86. The van der Waals surface area contributed by atoms with Gasteiger partial charge in [-0.05, 0) is 90.4 Å². The van der Waals surface area contributed by atoms with E-state index in [1.165, 1.54) is 49.7 Å². The van der Waals surface area contributed by atoms with Crippen molar-refractivity contribution in [1.82, 2.24) is 10.6 Å². The van der Waals surface area contributed by atoms with Gasteiger partial charge >= 0.3 is 0 Å². The lowest BCUT2D eigenvalue weighted by molar-refractivity contribution is 0.0261. The minimum Gasteiger partial charge on any atom is -0.315 e. The van der Waals surface area contributed by atoms with Gasteiger partial charge in [0.05, 0.1) is 0 Å². The molecule has 0 saturated heterocycles. The standard InChI is InChI=1S/C32H48N2/c1-24(2)27-14-16-29-28(22-27)15-17-30-31(4,18-9-19-32(29,30)5)23-33-20-21-34-25(3)12-13-26-10-7-6-8-11-26/h6-8,10-11,14,16,22,24-25,30,33-34H,9,12-13,15,17-21,23H2,1-5H3/t25?,30-,31-,32+/m0/s1. The molecule has 0 heterocycles. The number of hydrogen-bond acceptors (Lipinski definition) is 2. The Morgan fingerprint density at radius 1 is 0.971 bits per heavy atom. The fourth-order valence-electron chi connectivity index (χ4n) is 7.13. The first-order valence-corrected chi connectivity index (χ1v) is 13.9. The second kappa shape index (κ2) is 11.0. The molecule has 0 aliphatic heterocycles. The van der Waals surface area contributed by atoms with Gasteiger partial charge in [0.2, 0.25) is 0 Å². The van der Waals surface area contributed by atoms with E-state index >= 15 is 0 Å². The zero-order valence-electron chi connectivity index (χ0n) is 22.4. The zero-order valence-corrected chi connectivity index (χ0v) is 22.4. The second-order valence-corrected chi connectivity index (χ2v) is 12.1. The van der Waals surface area contributed by atoms with Crippen molar-refractivity contribution in [2.75, 3.05) is 19.6 Å². The maximum Gasteiger partial charge on any atom is 0.00792 e. The van der Waals surface area contributed by atoms with Crippen molar-refractivity contribution >= 4 is 0 Å². The van der Waals surface area contributed by atoms with Crippen LogP contribution in [0, 0.1) is 11.3 Å². The molecule has 4 atom stereocenters. The average Bonchev–Trinajstić information content (AvgIpc) is 2.82. The van der Waals surface area contributed by atoms with Gasteiger partial charge < -0.3 is 10.6 Å². The van der Waals surface area contributed by atoms with Crippen LogP contribution in [0.2, 0.25) is 0 Å². The van der Waals surface area contributed by atoms with Crippen molar-refractivity contribution in [2.45, 2.75) is 96.9 Å². The molecule has 1 unspecified atom stereocenters. The summed E-state index contributed by atoms with van der Waals surface area (Å²) in [5, 5.41) is 7.59. The van der Waals surface area contributed by atoms with Gasteiger partial charge in [0.1, 0.15) is 0 Å². The topological polar surface area (TPSA) is 24.1 Å². The molecular weight excluding hydrogens is 412 g/mol. The monoisotopic (exact) mass is 460 g/mol. The first-order chi connectivity index (χ1) is 16.3. The molecule has 2 N–H and O–H groups in total. The molecule has 2 aromatic carbocycles. The van der Waals surface area contributed by atoms with E-state index in [4.69, 9.17) is 0 Å². The summed E-state index contributed by atoms with van der Waals surface area (Å²) in [6.45, 7) is 15.4. The normalized spacial score (nSPS) is 27.3. The van der Waals surface area contributed by atoms with E-state index in [0.717, 1.165) is 32.0 Å². The molecule has 1 fully saturated rings. The van der Waals surface area contributed by atoms with Crippen LogP contribution in [0.4, 0.5) is 0 Å². The molecule has 0 bridgehead atoms. The van der Waals surface area contributed by atoms with Crippen LogP contribution < -0.4 is 10.6 Å². The fourth-order valence-corrected chi connectivity index (χ4v) is 7.13. The molecule has 1 saturated carbocycles. The first kappa shape index (κ1) is 25.5. The van der Waals surface area contributed by atoms with Crippen LogP contribution in [0.25, 0.3) is 0 Å². The minimum absolute atomic E-state index is 0.335. The smallest absolute Gasteiger partial charge is 0.00792 e. The molecule has 4 rings (SSSR count). The number of nitrogens with one attached hydrogen (secondary N) is 2. The van der Waals surface area contributed by atoms with Crippen LogP contribution in [-0.4, -0.2) is 25.7 Å². The summed E-state index contributed by atoms with van der Waals surface area (Å²) in [5.41, 5.74) is 6.97. The lowest BCUT2D eigenvalue weighted by Gasteiger charge is -2.55. The Bertz CT molecular complexity index is 920. The summed E-state index contributed by atoms with van der Waals surface area (Å²) >= 11 is 0. The van der Waals surface area contributed by atoms with Crippen LogP contribution in [0.5, 0.6) is 0 Å². The van der Waals surface area contributed by atoms with Crippen molar-refractivity contribution < 1.29 is 0 Å². The molecular formula is C32H48N2. The van der Waals surface area contributed by atoms with Crippen molar-refractivity contribution in [3.63, 3.8) is 0 Å². The summed E-state index contributed by atoms with van der Waals surface area (Å²) in [6.07, 6.45) is 9.01. The molecule has 34 heavy (non-hydrogen) atoms. The zero-order chi connectivity index (χ0) is 24.2. The SMILES string of the molecule is CC(CCc1ccccc1)NCCNC[C@]1(C)CCC[C@]2(C)c3ccc(C(C)C)cc3CC[C@@H]12. The number of hydrogen-bond donors (Lipinski definition) is 2. The molecule has 186 valence electrons. The lowest BCUT2D eigenvalue weighted by Crippen LogP contribution is -2.53. The summed E-state index contributed by atoms with van der Waals surface area (Å²) in [4.78, 5) is 0. The molecule has 2 aliphatic rings. The van der Waals surface area contributed by atoms with Crippen molar-refractivity contribution in [1.29, 1.82) is 0 Å². The van der Waals surface area contributed by atoms with Crippen LogP contribution in [0.3, 0.4) is 0 Å². The molecule has 2 nitrogen and oxygen atoms in total. The van der Waals surface area contributed by atoms with E-state index in [0.29, 0.717) is 22.8 Å². The number of rotatable bonds is 10. The van der Waals surface area contributed by atoms with Gasteiger partial charge in [0, 0.05) is 25.7 Å². The Morgan fingerprint density at radius 2 is 1.76 bits per heavy atom. The molecule has 2 aliphatic carbocycles. The Kier molecular flexibility index (Phi) is 8.20. The van der Waals surface area contributed by atoms with E-state index < -0.39 is 0 Å². The minimum atomic E-state index is 0.335. The van der Waals surface area contributed by atoms with Crippen LogP contribution in [0.1, 0.15) is 94.9 Å². The quantitative estimate of drug-likeness (QED) is 0.372. The van der Waals surface area contributed by atoms with E-state index in [9.17, 15) is 0 Å². The van der Waals surface area contributed by atoms with Gasteiger partial charge in [-0.2, -0.15) is 0 Å². The first-order valence-electron chi connectivity index (χ1n) is 13.9. The Balaban J connectivity index is 1.28. The molecule has 0 amide bonds. The number of fused-ring (bicyclic) bond motifs is 3. The van der Waals surface area contributed by atoms with Gasteiger partial charge in [-0.1, -0.05) is 82.6 Å². The van der Waals surface area contributed by atoms with Crippen LogP contribution >= 0.6 is 0 Å². The maximum absolute atomic E-state index is 3.86. The Labute approximate surface area is 209 Å². The van der Waals surface area contributed by atoms with E-state index in [-0.39, 0.29) is 0 Å². The lowest BCUT2D eigenvalue weighted by atomic mass is 9.49. The number of benzene rings is 2. The van der Waals surface area contributed by atoms with Crippen LogP contribution in [-0.2, 0) is 18.3 Å². The van der Waals surface area contributed by atoms with Gasteiger partial charge in [0.25, 0.3) is 0 Å². The summed E-state index contributed by atoms with van der Waals surface area (Å²) < 4.78 is 0. The molecule has 0 aromatic heterocycles. The van der Waals surface area contributed by atoms with Crippen molar-refractivity contribution in [3.05, 3.63) is 70.8 Å². The van der Waals surface area contributed by atoms with E-state index in [1.54, 1.807) is 11.1 Å². The highest BCUT2D eigenvalue weighted by Gasteiger charge is 2.51. The highest BCUT2D eigenvalue weighted by atomic mass is 15.0. The highest BCUT2D eigenvalue weighted by molar-refractivity contribution is 5.42. The van der Waals surface area contributed by atoms with Crippen molar-refractivity contribution in [3.8, 4) is 0 Å². The molecule has 0 radical (unpaired) electrons. The predicted octanol–water partition coefficient (Wildman–Crippen LogP) is 7.02. The van der Waals surface area contributed by atoms with Gasteiger partial charge in [-0.3, -0.25) is 0 Å². The molecule has 2 aromatic rings. The fraction of sp³-hybridized carbons (Fsp3) is 0.625. The average molecular weight is 461 g/mol. The second-order valence-electron chi connectivity index (χ2n) is 12.1. The van der Waals surface area contributed by atoms with Crippen molar-refractivity contribution in [2.24, 2.45) is 11.3 Å². The molecule has 0 spiro atoms. The van der Waals surface area contributed by atoms with Gasteiger partial charge in [0.15, 0.2) is 0 Å². The summed E-state index contributed by atoms with van der Waals surface area (Å²) in [7, 11) is 0. The van der Waals surface area contributed by atoms with E-state index in [1.807, 2.05) is 0 Å². The third-order valence-corrected chi connectivity index (χ3v) is 9.20. The third kappa shape index (κ3) is 5.60. The Hall–Kier alpha value is -1.64. The third-order valence-electron chi connectivity index (χ3n) is 9.20. The van der Waals surface area contributed by atoms with Crippen LogP contribution in [0.15, 0.2) is 48.5 Å².